The molecule has 1 aromatic carbocycles. The second kappa shape index (κ2) is 7.55. The van der Waals surface area contributed by atoms with Gasteiger partial charge < -0.3 is 15.2 Å². The van der Waals surface area contributed by atoms with Crippen molar-refractivity contribution in [1.82, 2.24) is 10.2 Å². The third-order valence-electron chi connectivity index (χ3n) is 3.97. The average molecular weight is 334 g/mol. The lowest BCUT2D eigenvalue weighted by molar-refractivity contribution is -0.144. The highest BCUT2D eigenvalue weighted by molar-refractivity contribution is 6.21. The lowest BCUT2D eigenvalue weighted by Crippen LogP contribution is -2.48. The number of ether oxygens (including phenoxy) is 1. The molecule has 0 bridgehead atoms. The molecule has 2 rings (SSSR count). The van der Waals surface area contributed by atoms with Gasteiger partial charge in [0.1, 0.15) is 6.04 Å². The van der Waals surface area contributed by atoms with E-state index in [1.165, 1.54) is 7.11 Å². The van der Waals surface area contributed by atoms with Crippen LogP contribution in [0.3, 0.4) is 0 Å². The van der Waals surface area contributed by atoms with Crippen molar-refractivity contribution in [3.05, 3.63) is 35.4 Å². The number of carbonyl (C=O) groups is 3. The predicted octanol–water partition coefficient (Wildman–Crippen LogP) is 0.431. The second-order valence-electron chi connectivity index (χ2n) is 6.07. The minimum Gasteiger partial charge on any atom is -0.468 e. The number of aliphatic hydroxyl groups is 1. The zero-order chi connectivity index (χ0) is 17.9. The van der Waals surface area contributed by atoms with Crippen molar-refractivity contribution in [2.75, 3.05) is 20.2 Å². The van der Waals surface area contributed by atoms with Gasteiger partial charge in [-0.15, -0.1) is 0 Å². The second-order valence-corrected chi connectivity index (χ2v) is 6.07. The Morgan fingerprint density at radius 3 is 2.21 bits per heavy atom. The number of imide groups is 1. The number of hydrogen-bond acceptors (Lipinski definition) is 6. The smallest absolute Gasteiger partial charge is 0.323 e. The van der Waals surface area contributed by atoms with Crippen molar-refractivity contribution >= 4 is 17.8 Å². The van der Waals surface area contributed by atoms with Gasteiger partial charge in [-0.3, -0.25) is 19.3 Å². The molecular weight excluding hydrogens is 312 g/mol. The fraction of sp³-hybridized carbons (Fsp3) is 0.471. The van der Waals surface area contributed by atoms with E-state index in [2.05, 4.69) is 5.32 Å². The van der Waals surface area contributed by atoms with E-state index in [0.29, 0.717) is 11.1 Å². The molecule has 1 aromatic rings. The van der Waals surface area contributed by atoms with Crippen LogP contribution < -0.4 is 5.32 Å². The number of rotatable bonds is 7. The van der Waals surface area contributed by atoms with Crippen LogP contribution >= 0.6 is 0 Å². The van der Waals surface area contributed by atoms with Crippen LogP contribution in [0.4, 0.5) is 0 Å². The quantitative estimate of drug-likeness (QED) is 0.555. The maximum atomic E-state index is 12.2. The predicted molar refractivity (Wildman–Crippen MR) is 86.5 cm³/mol. The summed E-state index contributed by atoms with van der Waals surface area (Å²) >= 11 is 0. The average Bonchev–Trinajstić information content (AvgIpc) is 2.80. The van der Waals surface area contributed by atoms with Crippen molar-refractivity contribution in [3.8, 4) is 0 Å². The zero-order valence-electron chi connectivity index (χ0n) is 14.0. The van der Waals surface area contributed by atoms with Crippen molar-refractivity contribution < 1.29 is 24.2 Å². The molecular formula is C17H22N2O5. The highest BCUT2D eigenvalue weighted by Crippen LogP contribution is 2.22. The van der Waals surface area contributed by atoms with Gasteiger partial charge in [-0.05, 0) is 18.1 Å². The van der Waals surface area contributed by atoms with Crippen LogP contribution in [-0.4, -0.2) is 60.1 Å². The maximum Gasteiger partial charge on any atom is 0.323 e. The van der Waals surface area contributed by atoms with Gasteiger partial charge in [-0.25, -0.2) is 0 Å². The molecule has 2 N–H and O–H groups in total. The number of β-amino-alcohol motifs (C(OH)–C–C–N with tert-alkyl or cyclic N) is 1. The minimum absolute atomic E-state index is 0.0241. The highest BCUT2D eigenvalue weighted by Gasteiger charge is 2.36. The Kier molecular flexibility index (Phi) is 5.69. The van der Waals surface area contributed by atoms with Crippen LogP contribution in [0.25, 0.3) is 0 Å². The van der Waals surface area contributed by atoms with Gasteiger partial charge in [-0.1, -0.05) is 26.0 Å². The van der Waals surface area contributed by atoms with Crippen LogP contribution in [0.15, 0.2) is 24.3 Å². The molecule has 1 aliphatic heterocycles. The van der Waals surface area contributed by atoms with Crippen LogP contribution in [0.1, 0.15) is 34.6 Å². The number of amides is 2. The molecule has 24 heavy (non-hydrogen) atoms. The lowest BCUT2D eigenvalue weighted by Gasteiger charge is -2.23. The van der Waals surface area contributed by atoms with Crippen LogP contribution in [0.5, 0.6) is 0 Å². The Labute approximate surface area is 140 Å². The molecule has 0 aromatic heterocycles. The molecule has 0 spiro atoms. The van der Waals surface area contributed by atoms with Crippen LogP contribution in [0.2, 0.25) is 0 Å². The molecule has 7 nitrogen and oxygen atoms in total. The SMILES string of the molecule is COC(=O)[C@@H](NCC(O)CN1C(=O)c2ccccc2C1=O)C(C)C. The van der Waals surface area contributed by atoms with Crippen LogP contribution in [-0.2, 0) is 9.53 Å². The molecule has 0 saturated carbocycles. The number of nitrogens with zero attached hydrogens (tertiary/aromatic N) is 1. The lowest BCUT2D eigenvalue weighted by atomic mass is 10.0. The molecule has 0 radical (unpaired) electrons. The largest absolute Gasteiger partial charge is 0.468 e. The van der Waals surface area contributed by atoms with E-state index < -0.39 is 29.9 Å². The molecule has 1 heterocycles. The first-order valence-corrected chi connectivity index (χ1v) is 7.81. The van der Waals surface area contributed by atoms with E-state index in [4.69, 9.17) is 4.74 Å². The third kappa shape index (κ3) is 3.63. The summed E-state index contributed by atoms with van der Waals surface area (Å²) in [4.78, 5) is 37.2. The molecule has 2 amide bonds. The summed E-state index contributed by atoms with van der Waals surface area (Å²) in [5.74, 6) is -1.27. The zero-order valence-corrected chi connectivity index (χ0v) is 14.0. The Morgan fingerprint density at radius 1 is 1.21 bits per heavy atom. The van der Waals surface area contributed by atoms with E-state index in [9.17, 15) is 19.5 Å². The maximum absolute atomic E-state index is 12.2. The number of benzene rings is 1. The topological polar surface area (TPSA) is 95.9 Å². The van der Waals surface area contributed by atoms with Crippen molar-refractivity contribution in [1.29, 1.82) is 0 Å². The first-order chi connectivity index (χ1) is 11.4. The van der Waals surface area contributed by atoms with Crippen molar-refractivity contribution in [2.45, 2.75) is 26.0 Å². The number of aliphatic hydroxyl groups excluding tert-OH is 1. The first kappa shape index (κ1) is 18.1. The van der Waals surface area contributed by atoms with Gasteiger partial charge in [0.05, 0.1) is 30.9 Å². The Bertz CT molecular complexity index is 609. The molecule has 1 aliphatic rings. The summed E-state index contributed by atoms with van der Waals surface area (Å²) in [5, 5.41) is 13.1. The Morgan fingerprint density at radius 2 is 1.75 bits per heavy atom. The number of carbonyl (C=O) groups excluding carboxylic acids is 3. The fourth-order valence-electron chi connectivity index (χ4n) is 2.66. The van der Waals surface area contributed by atoms with E-state index in [1.807, 2.05) is 13.8 Å². The summed E-state index contributed by atoms with van der Waals surface area (Å²) in [6, 6.07) is 6.00. The summed E-state index contributed by atoms with van der Waals surface area (Å²) < 4.78 is 4.71. The number of fused-ring (bicyclic) bond motifs is 1. The first-order valence-electron chi connectivity index (χ1n) is 7.81. The van der Waals surface area contributed by atoms with Gasteiger partial charge in [0, 0.05) is 6.54 Å². The molecule has 7 heteroatoms. The summed E-state index contributed by atoms with van der Waals surface area (Å²) in [5.41, 5.74) is 0.689. The Balaban J connectivity index is 1.96. The minimum atomic E-state index is -0.988. The fourth-order valence-corrected chi connectivity index (χ4v) is 2.66. The molecule has 0 aliphatic carbocycles. The summed E-state index contributed by atoms with van der Waals surface area (Å²) in [6.07, 6.45) is -0.988. The van der Waals surface area contributed by atoms with Gasteiger partial charge in [0.15, 0.2) is 0 Å². The van der Waals surface area contributed by atoms with Gasteiger partial charge in [0.25, 0.3) is 11.8 Å². The molecule has 130 valence electrons. The molecule has 2 atom stereocenters. The summed E-state index contributed by atoms with van der Waals surface area (Å²) in [6.45, 7) is 3.63. The van der Waals surface area contributed by atoms with Gasteiger partial charge in [0.2, 0.25) is 0 Å². The molecule has 1 unspecified atom stereocenters. The van der Waals surface area contributed by atoms with E-state index in [0.717, 1.165) is 4.90 Å². The van der Waals surface area contributed by atoms with Gasteiger partial charge >= 0.3 is 5.97 Å². The van der Waals surface area contributed by atoms with E-state index in [1.54, 1.807) is 24.3 Å². The van der Waals surface area contributed by atoms with Crippen molar-refractivity contribution in [3.63, 3.8) is 0 Å². The van der Waals surface area contributed by atoms with E-state index >= 15 is 0 Å². The van der Waals surface area contributed by atoms with Gasteiger partial charge in [-0.2, -0.15) is 0 Å². The van der Waals surface area contributed by atoms with Crippen molar-refractivity contribution in [2.24, 2.45) is 5.92 Å². The number of methoxy groups -OCH3 is 1. The summed E-state index contributed by atoms with van der Waals surface area (Å²) in [7, 11) is 1.30. The monoisotopic (exact) mass is 334 g/mol. The number of esters is 1. The number of hydrogen-bond donors (Lipinski definition) is 2. The molecule has 0 saturated heterocycles. The standard InChI is InChI=1S/C17H22N2O5/c1-10(2)14(17(23)24-3)18-8-11(20)9-19-15(21)12-6-4-5-7-13(12)16(19)22/h4-7,10-11,14,18,20H,8-9H2,1-3H3/t11?,14-/m0/s1. The third-order valence-corrected chi connectivity index (χ3v) is 3.97. The van der Waals surface area contributed by atoms with E-state index in [-0.39, 0.29) is 19.0 Å². The molecule has 0 fully saturated rings. The number of nitrogens with one attached hydrogen (secondary N) is 1. The van der Waals surface area contributed by atoms with Crippen LogP contribution in [0, 0.1) is 5.92 Å². The highest BCUT2D eigenvalue weighted by atomic mass is 16.5. The Hall–Kier alpha value is -2.25. The normalized spacial score (nSPS) is 16.3.